The summed E-state index contributed by atoms with van der Waals surface area (Å²) < 4.78 is 0. The Balaban J connectivity index is -0.000000218. The molecule has 0 atom stereocenters. The molecule has 0 heterocycles. The second-order valence-electron chi connectivity index (χ2n) is 1.55. The summed E-state index contributed by atoms with van der Waals surface area (Å²) in [6.45, 7) is 11.0. The van der Waals surface area contributed by atoms with Gasteiger partial charge in [-0.3, -0.25) is 0 Å². The van der Waals surface area contributed by atoms with Crippen LogP contribution in [0, 0.1) is 0 Å². The molecule has 0 bridgehead atoms. The molecule has 0 radical (unpaired) electrons. The molecule has 0 aromatic heterocycles. The maximum Gasteiger partial charge on any atom is 0.124 e. The van der Waals surface area contributed by atoms with E-state index in [0.29, 0.717) is 6.42 Å². The van der Waals surface area contributed by atoms with Crippen molar-refractivity contribution in [2.24, 2.45) is 0 Å². The Bertz CT molecular complexity index is 146. The number of aliphatic hydroxyl groups is 1. The minimum absolute atomic E-state index is 0.426. The molecule has 0 aliphatic rings. The number of carbonyl (C=O) groups excluding carboxylic acids is 1. The number of hydrogen-bond donors (Lipinski definition) is 1. The fourth-order valence-corrected chi connectivity index (χ4v) is 0.467. The first-order valence-corrected chi connectivity index (χ1v) is 4.17. The SMILES string of the molecule is C=C/C=C(\C=C)CC=O.CC.CO. The van der Waals surface area contributed by atoms with Gasteiger partial charge in [0, 0.05) is 13.5 Å². The molecular formula is C11H20O2. The highest BCUT2D eigenvalue weighted by molar-refractivity contribution is 5.56. The quantitative estimate of drug-likeness (QED) is 0.538. The van der Waals surface area contributed by atoms with Crippen LogP contribution in [0.1, 0.15) is 20.3 Å². The van der Waals surface area contributed by atoms with Crippen LogP contribution in [0.3, 0.4) is 0 Å². The Morgan fingerprint density at radius 2 is 1.77 bits per heavy atom. The van der Waals surface area contributed by atoms with Crippen LogP contribution in [0.25, 0.3) is 0 Å². The van der Waals surface area contributed by atoms with Crippen LogP contribution in [0.2, 0.25) is 0 Å². The van der Waals surface area contributed by atoms with Crippen molar-refractivity contribution in [3.63, 3.8) is 0 Å². The van der Waals surface area contributed by atoms with E-state index in [2.05, 4.69) is 13.2 Å². The summed E-state index contributed by atoms with van der Waals surface area (Å²) >= 11 is 0. The van der Waals surface area contributed by atoms with Crippen LogP contribution < -0.4 is 0 Å². The lowest BCUT2D eigenvalue weighted by Crippen LogP contribution is -1.77. The minimum Gasteiger partial charge on any atom is -0.400 e. The van der Waals surface area contributed by atoms with E-state index in [9.17, 15) is 4.79 Å². The molecule has 0 amide bonds. The van der Waals surface area contributed by atoms with Crippen molar-refractivity contribution in [1.82, 2.24) is 0 Å². The van der Waals surface area contributed by atoms with Crippen LogP contribution >= 0.6 is 0 Å². The van der Waals surface area contributed by atoms with Gasteiger partial charge in [0.05, 0.1) is 0 Å². The van der Waals surface area contributed by atoms with Gasteiger partial charge in [0.2, 0.25) is 0 Å². The zero-order valence-electron chi connectivity index (χ0n) is 8.79. The topological polar surface area (TPSA) is 37.3 Å². The molecule has 0 unspecified atom stereocenters. The molecule has 0 aromatic rings. The highest BCUT2D eigenvalue weighted by Crippen LogP contribution is 1.98. The van der Waals surface area contributed by atoms with Crippen LogP contribution in [0.5, 0.6) is 0 Å². The summed E-state index contributed by atoms with van der Waals surface area (Å²) in [6.07, 6.45) is 6.32. The third-order valence-corrected chi connectivity index (χ3v) is 0.913. The molecule has 0 saturated heterocycles. The van der Waals surface area contributed by atoms with E-state index in [0.717, 1.165) is 19.0 Å². The molecule has 13 heavy (non-hydrogen) atoms. The molecule has 0 rings (SSSR count). The summed E-state index contributed by atoms with van der Waals surface area (Å²) in [7, 11) is 1.00. The molecule has 0 fully saturated rings. The van der Waals surface area contributed by atoms with Gasteiger partial charge >= 0.3 is 0 Å². The molecular weight excluding hydrogens is 164 g/mol. The number of aldehydes is 1. The fourth-order valence-electron chi connectivity index (χ4n) is 0.467. The van der Waals surface area contributed by atoms with Crippen molar-refractivity contribution in [2.45, 2.75) is 20.3 Å². The van der Waals surface area contributed by atoms with E-state index in [1.54, 1.807) is 18.2 Å². The standard InChI is InChI=1S/C8H10O.C2H6.CH4O/c1-3-5-8(4-2)6-7-9;2*1-2/h3-5,7H,1-2,6H2;1-2H3;2H,1H3/b8-5+;;. The van der Waals surface area contributed by atoms with Crippen LogP contribution in [0.15, 0.2) is 37.0 Å². The van der Waals surface area contributed by atoms with E-state index >= 15 is 0 Å². The summed E-state index contributed by atoms with van der Waals surface area (Å²) in [5.74, 6) is 0. The summed E-state index contributed by atoms with van der Waals surface area (Å²) in [5, 5.41) is 7.00. The lowest BCUT2D eigenvalue weighted by atomic mass is 10.2. The molecule has 1 N–H and O–H groups in total. The normalized spacial score (nSPS) is 8.15. The third kappa shape index (κ3) is 18.1. The molecule has 0 aliphatic carbocycles. The molecule has 2 nitrogen and oxygen atoms in total. The van der Waals surface area contributed by atoms with E-state index in [-0.39, 0.29) is 0 Å². The van der Waals surface area contributed by atoms with Crippen molar-refractivity contribution in [1.29, 1.82) is 0 Å². The second kappa shape index (κ2) is 22.4. The maximum absolute atomic E-state index is 9.93. The predicted octanol–water partition coefficient (Wildman–Crippen LogP) is 2.51. The number of hydrogen-bond acceptors (Lipinski definition) is 2. The van der Waals surface area contributed by atoms with E-state index < -0.39 is 0 Å². The molecule has 0 spiro atoms. The van der Waals surface area contributed by atoms with Crippen LogP contribution in [-0.4, -0.2) is 18.5 Å². The molecule has 0 aliphatic heterocycles. The lowest BCUT2D eigenvalue weighted by molar-refractivity contribution is -0.107. The van der Waals surface area contributed by atoms with Gasteiger partial charge in [-0.1, -0.05) is 45.2 Å². The Morgan fingerprint density at radius 3 is 2.00 bits per heavy atom. The van der Waals surface area contributed by atoms with Crippen molar-refractivity contribution in [2.75, 3.05) is 7.11 Å². The number of allylic oxidation sites excluding steroid dienone is 4. The van der Waals surface area contributed by atoms with Crippen LogP contribution in [0.4, 0.5) is 0 Å². The summed E-state index contributed by atoms with van der Waals surface area (Å²) in [6, 6.07) is 0. The first-order chi connectivity index (χ1) is 6.35. The van der Waals surface area contributed by atoms with E-state index in [1.807, 2.05) is 13.8 Å². The second-order valence-corrected chi connectivity index (χ2v) is 1.55. The highest BCUT2D eigenvalue weighted by atomic mass is 16.2. The fraction of sp³-hybridized carbons (Fsp3) is 0.364. The maximum atomic E-state index is 9.93. The Labute approximate surface area is 81.3 Å². The van der Waals surface area contributed by atoms with Crippen molar-refractivity contribution >= 4 is 6.29 Å². The van der Waals surface area contributed by atoms with Gasteiger partial charge in [0.25, 0.3) is 0 Å². The number of aliphatic hydroxyl groups excluding tert-OH is 1. The monoisotopic (exact) mass is 184 g/mol. The zero-order valence-corrected chi connectivity index (χ0v) is 8.79. The molecule has 2 heteroatoms. The Morgan fingerprint density at radius 1 is 1.31 bits per heavy atom. The van der Waals surface area contributed by atoms with Gasteiger partial charge in [-0.25, -0.2) is 0 Å². The first-order valence-electron chi connectivity index (χ1n) is 4.17. The summed E-state index contributed by atoms with van der Waals surface area (Å²) in [5.41, 5.74) is 0.903. The largest absolute Gasteiger partial charge is 0.400 e. The van der Waals surface area contributed by atoms with Gasteiger partial charge < -0.3 is 9.90 Å². The van der Waals surface area contributed by atoms with Gasteiger partial charge in [-0.05, 0) is 5.57 Å². The van der Waals surface area contributed by atoms with Gasteiger partial charge in [-0.2, -0.15) is 0 Å². The number of carbonyl (C=O) groups is 1. The summed E-state index contributed by atoms with van der Waals surface area (Å²) in [4.78, 5) is 9.93. The molecule has 0 aromatic carbocycles. The Hall–Kier alpha value is -1.15. The van der Waals surface area contributed by atoms with Crippen molar-refractivity contribution in [3.05, 3.63) is 37.0 Å². The Kier molecular flexibility index (Phi) is 30.7. The lowest BCUT2D eigenvalue weighted by Gasteiger charge is -1.88. The third-order valence-electron chi connectivity index (χ3n) is 0.913. The molecule has 76 valence electrons. The highest BCUT2D eigenvalue weighted by Gasteiger charge is 1.84. The predicted molar refractivity (Wildman–Crippen MR) is 58.6 cm³/mol. The zero-order chi connectivity index (χ0) is 11.1. The average Bonchev–Trinajstić information content (AvgIpc) is 2.23. The van der Waals surface area contributed by atoms with Crippen molar-refractivity contribution < 1.29 is 9.90 Å². The average molecular weight is 184 g/mol. The van der Waals surface area contributed by atoms with Gasteiger partial charge in [0.15, 0.2) is 0 Å². The smallest absolute Gasteiger partial charge is 0.124 e. The molecule has 0 saturated carbocycles. The van der Waals surface area contributed by atoms with Crippen LogP contribution in [-0.2, 0) is 4.79 Å². The van der Waals surface area contributed by atoms with Crippen molar-refractivity contribution in [3.8, 4) is 0 Å². The first kappa shape index (κ1) is 17.8. The minimum atomic E-state index is 0.426. The van der Waals surface area contributed by atoms with Gasteiger partial charge in [0.1, 0.15) is 6.29 Å². The van der Waals surface area contributed by atoms with Gasteiger partial charge in [-0.15, -0.1) is 0 Å². The van der Waals surface area contributed by atoms with E-state index in [1.165, 1.54) is 0 Å². The van der Waals surface area contributed by atoms with E-state index in [4.69, 9.17) is 5.11 Å². The number of rotatable bonds is 4.